The van der Waals surface area contributed by atoms with E-state index < -0.39 is 0 Å². The number of carbonyl (C=O) groups is 1. The molecule has 0 amide bonds. The molecular formula is C19H30IN3O3. The maximum absolute atomic E-state index is 11.9. The lowest BCUT2D eigenvalue weighted by atomic mass is 9.99. The summed E-state index contributed by atoms with van der Waals surface area (Å²) in [4.78, 5) is 18.8. The van der Waals surface area contributed by atoms with Crippen LogP contribution in [0.3, 0.4) is 0 Å². The van der Waals surface area contributed by atoms with Crippen molar-refractivity contribution < 1.29 is 14.3 Å². The minimum Gasteiger partial charge on any atom is -0.497 e. The van der Waals surface area contributed by atoms with Gasteiger partial charge in [0.05, 0.1) is 20.1 Å². The zero-order chi connectivity index (χ0) is 18.2. The van der Waals surface area contributed by atoms with Crippen molar-refractivity contribution in [2.45, 2.75) is 20.3 Å². The molecule has 146 valence electrons. The first-order valence-electron chi connectivity index (χ1n) is 8.83. The Bertz CT molecular complexity index is 592. The minimum absolute atomic E-state index is 0. The fourth-order valence-corrected chi connectivity index (χ4v) is 3.11. The van der Waals surface area contributed by atoms with Crippen LogP contribution in [0.5, 0.6) is 5.75 Å². The maximum Gasteiger partial charge on any atom is 0.310 e. The highest BCUT2D eigenvalue weighted by Gasteiger charge is 2.36. The van der Waals surface area contributed by atoms with Crippen LogP contribution >= 0.6 is 24.0 Å². The first kappa shape index (κ1) is 22.5. The highest BCUT2D eigenvalue weighted by Crippen LogP contribution is 2.24. The lowest BCUT2D eigenvalue weighted by Crippen LogP contribution is -2.40. The van der Waals surface area contributed by atoms with Crippen LogP contribution in [0.2, 0.25) is 0 Å². The largest absolute Gasteiger partial charge is 0.497 e. The van der Waals surface area contributed by atoms with Gasteiger partial charge in [0.25, 0.3) is 0 Å². The lowest BCUT2D eigenvalue weighted by molar-refractivity contribution is -0.145. The van der Waals surface area contributed by atoms with Gasteiger partial charge in [0.15, 0.2) is 5.96 Å². The summed E-state index contributed by atoms with van der Waals surface area (Å²) in [6.07, 6.45) is 0.864. The van der Waals surface area contributed by atoms with Gasteiger partial charge in [-0.05, 0) is 37.0 Å². The van der Waals surface area contributed by atoms with E-state index in [1.165, 1.54) is 12.7 Å². The Hall–Kier alpha value is -1.51. The molecule has 0 aliphatic carbocycles. The molecule has 1 saturated heterocycles. The van der Waals surface area contributed by atoms with E-state index in [0.29, 0.717) is 13.1 Å². The number of benzene rings is 1. The number of carbonyl (C=O) groups excluding carboxylic acids is 1. The van der Waals surface area contributed by atoms with Crippen LogP contribution in [-0.2, 0) is 16.0 Å². The van der Waals surface area contributed by atoms with Crippen molar-refractivity contribution in [2.75, 3.05) is 40.4 Å². The average molecular weight is 475 g/mol. The highest BCUT2D eigenvalue weighted by atomic mass is 127. The predicted octanol–water partition coefficient (Wildman–Crippen LogP) is 2.56. The van der Waals surface area contributed by atoms with Crippen molar-refractivity contribution in [2.24, 2.45) is 16.8 Å². The molecule has 1 N–H and O–H groups in total. The quantitative estimate of drug-likeness (QED) is 0.297. The second kappa shape index (κ2) is 11.3. The van der Waals surface area contributed by atoms with Crippen molar-refractivity contribution in [3.63, 3.8) is 0 Å². The Labute approximate surface area is 173 Å². The van der Waals surface area contributed by atoms with Gasteiger partial charge in [0.2, 0.25) is 0 Å². The van der Waals surface area contributed by atoms with Crippen LogP contribution in [-0.4, -0.2) is 57.2 Å². The molecule has 1 fully saturated rings. The summed E-state index contributed by atoms with van der Waals surface area (Å²) >= 11 is 0. The van der Waals surface area contributed by atoms with Crippen LogP contribution in [0.4, 0.5) is 0 Å². The normalized spacial score (nSPS) is 19.7. The molecule has 26 heavy (non-hydrogen) atoms. The molecule has 0 spiro atoms. The summed E-state index contributed by atoms with van der Waals surface area (Å²) in [6, 6.07) is 8.06. The smallest absolute Gasteiger partial charge is 0.310 e. The monoisotopic (exact) mass is 475 g/mol. The van der Waals surface area contributed by atoms with Gasteiger partial charge in [-0.2, -0.15) is 0 Å². The summed E-state index contributed by atoms with van der Waals surface area (Å²) in [7, 11) is 3.12. The Morgan fingerprint density at radius 3 is 2.54 bits per heavy atom. The summed E-state index contributed by atoms with van der Waals surface area (Å²) in [6.45, 7) is 7.10. The first-order chi connectivity index (χ1) is 12.1. The molecular weight excluding hydrogens is 445 g/mol. The molecule has 0 radical (unpaired) electrons. The average Bonchev–Trinajstić information content (AvgIpc) is 3.02. The minimum atomic E-state index is -0.135. The Morgan fingerprint density at radius 1 is 1.27 bits per heavy atom. The number of likely N-dealkylation sites (tertiary alicyclic amines) is 1. The second-order valence-electron chi connectivity index (χ2n) is 6.35. The highest BCUT2D eigenvalue weighted by molar-refractivity contribution is 14.0. The van der Waals surface area contributed by atoms with Gasteiger partial charge in [-0.3, -0.25) is 9.79 Å². The number of esters is 1. The molecule has 1 heterocycles. The van der Waals surface area contributed by atoms with E-state index in [1.807, 2.05) is 12.1 Å². The molecule has 1 aliphatic rings. The number of methoxy groups -OCH3 is 2. The van der Waals surface area contributed by atoms with Crippen molar-refractivity contribution in [3.05, 3.63) is 29.8 Å². The number of hydrogen-bond donors (Lipinski definition) is 1. The number of nitrogens with zero attached hydrogens (tertiary/aromatic N) is 2. The number of guanidine groups is 1. The van der Waals surface area contributed by atoms with E-state index in [-0.39, 0.29) is 41.8 Å². The van der Waals surface area contributed by atoms with Gasteiger partial charge < -0.3 is 19.7 Å². The zero-order valence-electron chi connectivity index (χ0n) is 16.0. The summed E-state index contributed by atoms with van der Waals surface area (Å²) in [5, 5.41) is 3.33. The molecule has 2 atom stereocenters. The number of aliphatic imine (C=N–C) groups is 1. The second-order valence-corrected chi connectivity index (χ2v) is 6.35. The molecule has 0 saturated carbocycles. The molecule has 0 aromatic heterocycles. The summed E-state index contributed by atoms with van der Waals surface area (Å²) in [5.41, 5.74) is 1.22. The van der Waals surface area contributed by atoms with E-state index in [4.69, 9.17) is 14.5 Å². The van der Waals surface area contributed by atoms with Crippen LogP contribution < -0.4 is 10.1 Å². The SMILES string of the molecule is CCNC(=NCCc1ccc(OC)cc1)N1CC(C)C(C(=O)OC)C1.I. The maximum atomic E-state index is 11.9. The zero-order valence-corrected chi connectivity index (χ0v) is 18.4. The molecule has 2 unspecified atom stereocenters. The molecule has 0 bridgehead atoms. The molecule has 1 aromatic carbocycles. The van der Waals surface area contributed by atoms with Crippen molar-refractivity contribution in [1.29, 1.82) is 0 Å². The van der Waals surface area contributed by atoms with Gasteiger partial charge in [0, 0.05) is 26.2 Å². The number of hydrogen-bond acceptors (Lipinski definition) is 4. The number of ether oxygens (including phenoxy) is 2. The van der Waals surface area contributed by atoms with E-state index in [1.54, 1.807) is 7.11 Å². The van der Waals surface area contributed by atoms with Gasteiger partial charge in [-0.25, -0.2) is 0 Å². The van der Waals surface area contributed by atoms with Crippen LogP contribution in [0.1, 0.15) is 19.4 Å². The Balaban J connectivity index is 0.00000338. The number of nitrogens with one attached hydrogen (secondary N) is 1. The van der Waals surface area contributed by atoms with E-state index in [9.17, 15) is 4.79 Å². The summed E-state index contributed by atoms with van der Waals surface area (Å²) in [5.74, 6) is 1.77. The summed E-state index contributed by atoms with van der Waals surface area (Å²) < 4.78 is 10.1. The molecule has 6 nitrogen and oxygen atoms in total. The van der Waals surface area contributed by atoms with Gasteiger partial charge >= 0.3 is 5.97 Å². The van der Waals surface area contributed by atoms with E-state index in [0.717, 1.165) is 31.2 Å². The fraction of sp³-hybridized carbons (Fsp3) is 0.579. The number of rotatable bonds is 6. The fourth-order valence-electron chi connectivity index (χ4n) is 3.11. The van der Waals surface area contributed by atoms with Crippen LogP contribution in [0.15, 0.2) is 29.3 Å². The van der Waals surface area contributed by atoms with E-state index >= 15 is 0 Å². The van der Waals surface area contributed by atoms with Gasteiger partial charge in [-0.15, -0.1) is 24.0 Å². The van der Waals surface area contributed by atoms with Crippen molar-refractivity contribution in [1.82, 2.24) is 10.2 Å². The molecule has 2 rings (SSSR count). The third-order valence-corrected chi connectivity index (χ3v) is 4.57. The van der Waals surface area contributed by atoms with E-state index in [2.05, 4.69) is 36.2 Å². The van der Waals surface area contributed by atoms with Crippen molar-refractivity contribution >= 4 is 35.9 Å². The third kappa shape index (κ3) is 6.03. The number of halogens is 1. The van der Waals surface area contributed by atoms with Crippen LogP contribution in [0.25, 0.3) is 0 Å². The Morgan fingerprint density at radius 2 is 1.96 bits per heavy atom. The Kier molecular flexibility index (Phi) is 9.75. The first-order valence-corrected chi connectivity index (χ1v) is 8.83. The lowest BCUT2D eigenvalue weighted by Gasteiger charge is -2.21. The van der Waals surface area contributed by atoms with Crippen molar-refractivity contribution in [3.8, 4) is 5.75 Å². The predicted molar refractivity (Wildman–Crippen MR) is 114 cm³/mol. The third-order valence-electron chi connectivity index (χ3n) is 4.57. The van der Waals surface area contributed by atoms with Crippen LogP contribution in [0, 0.1) is 11.8 Å². The molecule has 7 heteroatoms. The topological polar surface area (TPSA) is 63.2 Å². The van der Waals surface area contributed by atoms with Gasteiger partial charge in [0.1, 0.15) is 5.75 Å². The molecule has 1 aromatic rings. The molecule has 1 aliphatic heterocycles. The van der Waals surface area contributed by atoms with Gasteiger partial charge in [-0.1, -0.05) is 19.1 Å². The standard InChI is InChI=1S/C19H29N3O3.HI/c1-5-20-19(22-12-14(2)17(13-22)18(23)25-4)21-11-10-15-6-8-16(24-3)9-7-15;/h6-9,14,17H,5,10-13H2,1-4H3,(H,20,21);1H.